The Bertz CT molecular complexity index is 658. The first-order chi connectivity index (χ1) is 10.3. The van der Waals surface area contributed by atoms with Crippen molar-refractivity contribution >= 4 is 15.7 Å². The summed E-state index contributed by atoms with van der Waals surface area (Å²) in [5.41, 5.74) is 3.04. The highest BCUT2D eigenvalue weighted by Crippen LogP contribution is 2.16. The van der Waals surface area contributed by atoms with Crippen LogP contribution in [0.4, 0.5) is 0 Å². The van der Waals surface area contributed by atoms with Crippen LogP contribution in [0.5, 0.6) is 0 Å². The van der Waals surface area contributed by atoms with Gasteiger partial charge < -0.3 is 5.32 Å². The SMILES string of the molecule is Cc1cc(C)c(CNC(=O)CN(C)[C@@H]2CCS(=O)(=O)C2)cn1. The van der Waals surface area contributed by atoms with Crippen LogP contribution in [-0.2, 0) is 21.2 Å². The maximum Gasteiger partial charge on any atom is 0.234 e. The lowest BCUT2D eigenvalue weighted by Gasteiger charge is -2.22. The van der Waals surface area contributed by atoms with Gasteiger partial charge in [-0.05, 0) is 44.5 Å². The second-order valence-corrected chi connectivity index (χ2v) is 8.23. The van der Waals surface area contributed by atoms with Gasteiger partial charge in [0.05, 0.1) is 18.1 Å². The van der Waals surface area contributed by atoms with Crippen LogP contribution in [0.2, 0.25) is 0 Å². The number of sulfone groups is 1. The number of carbonyl (C=O) groups is 1. The van der Waals surface area contributed by atoms with Crippen molar-refractivity contribution in [3.05, 3.63) is 29.1 Å². The zero-order valence-corrected chi connectivity index (χ0v) is 14.1. The number of nitrogens with zero attached hydrogens (tertiary/aromatic N) is 2. The third-order valence-electron chi connectivity index (χ3n) is 4.06. The van der Waals surface area contributed by atoms with Crippen LogP contribution in [0.1, 0.15) is 23.2 Å². The molecule has 1 atom stereocenters. The number of nitrogens with one attached hydrogen (secondary N) is 1. The largest absolute Gasteiger partial charge is 0.351 e. The van der Waals surface area contributed by atoms with Crippen molar-refractivity contribution in [2.24, 2.45) is 0 Å². The maximum atomic E-state index is 12.0. The van der Waals surface area contributed by atoms with Crippen LogP contribution in [-0.4, -0.2) is 55.3 Å². The van der Waals surface area contributed by atoms with Gasteiger partial charge in [0.2, 0.25) is 5.91 Å². The molecule has 1 aromatic rings. The summed E-state index contributed by atoms with van der Waals surface area (Å²) < 4.78 is 22.9. The Hall–Kier alpha value is -1.47. The van der Waals surface area contributed by atoms with E-state index in [1.165, 1.54) is 0 Å². The van der Waals surface area contributed by atoms with Gasteiger partial charge in [0.15, 0.2) is 9.84 Å². The Morgan fingerprint density at radius 2 is 2.18 bits per heavy atom. The molecule has 0 saturated carbocycles. The Morgan fingerprint density at radius 1 is 1.45 bits per heavy atom. The lowest BCUT2D eigenvalue weighted by molar-refractivity contribution is -0.122. The summed E-state index contributed by atoms with van der Waals surface area (Å²) in [5.74, 6) is 0.266. The van der Waals surface area contributed by atoms with Gasteiger partial charge in [-0.2, -0.15) is 0 Å². The molecule has 2 heterocycles. The molecule has 1 aromatic heterocycles. The van der Waals surface area contributed by atoms with Gasteiger partial charge in [-0.1, -0.05) is 0 Å². The van der Waals surface area contributed by atoms with Crippen molar-refractivity contribution < 1.29 is 13.2 Å². The van der Waals surface area contributed by atoms with Gasteiger partial charge in [-0.25, -0.2) is 8.42 Å². The molecule has 1 saturated heterocycles. The quantitative estimate of drug-likeness (QED) is 0.849. The van der Waals surface area contributed by atoms with E-state index in [1.54, 1.807) is 13.2 Å². The fraction of sp³-hybridized carbons (Fsp3) is 0.600. The van der Waals surface area contributed by atoms with Gasteiger partial charge in [-0.3, -0.25) is 14.7 Å². The zero-order valence-electron chi connectivity index (χ0n) is 13.3. The number of hydrogen-bond acceptors (Lipinski definition) is 5. The molecule has 0 radical (unpaired) electrons. The van der Waals surface area contributed by atoms with Crippen LogP contribution in [0, 0.1) is 13.8 Å². The minimum atomic E-state index is -2.92. The summed E-state index contributed by atoms with van der Waals surface area (Å²) in [6.45, 7) is 4.57. The van der Waals surface area contributed by atoms with Crippen LogP contribution in [0.3, 0.4) is 0 Å². The fourth-order valence-corrected chi connectivity index (χ4v) is 4.44. The molecule has 0 unspecified atom stereocenters. The minimum absolute atomic E-state index is 0.0569. The van der Waals surface area contributed by atoms with E-state index >= 15 is 0 Å². The van der Waals surface area contributed by atoms with E-state index in [1.807, 2.05) is 24.8 Å². The molecule has 0 aliphatic carbocycles. The molecular weight excluding hydrogens is 302 g/mol. The lowest BCUT2D eigenvalue weighted by atomic mass is 10.1. The molecule has 22 heavy (non-hydrogen) atoms. The normalized spacial score (nSPS) is 20.3. The van der Waals surface area contributed by atoms with Gasteiger partial charge in [0.25, 0.3) is 0 Å². The van der Waals surface area contributed by atoms with E-state index in [2.05, 4.69) is 10.3 Å². The van der Waals surface area contributed by atoms with Crippen molar-refractivity contribution in [2.45, 2.75) is 32.9 Å². The fourth-order valence-electron chi connectivity index (χ4n) is 2.64. The predicted molar refractivity (Wildman–Crippen MR) is 85.2 cm³/mol. The number of rotatable bonds is 5. The molecule has 0 spiro atoms. The van der Waals surface area contributed by atoms with Crippen molar-refractivity contribution in [2.75, 3.05) is 25.1 Å². The molecule has 1 aliphatic heterocycles. The first kappa shape index (κ1) is 16.9. The monoisotopic (exact) mass is 325 g/mol. The summed E-state index contributed by atoms with van der Waals surface area (Å²) in [4.78, 5) is 18.0. The summed E-state index contributed by atoms with van der Waals surface area (Å²) >= 11 is 0. The number of aromatic nitrogens is 1. The highest BCUT2D eigenvalue weighted by atomic mass is 32.2. The van der Waals surface area contributed by atoms with E-state index in [0.717, 1.165) is 16.8 Å². The molecule has 122 valence electrons. The number of carbonyl (C=O) groups excluding carboxylic acids is 1. The molecule has 0 aromatic carbocycles. The third kappa shape index (κ3) is 4.51. The van der Waals surface area contributed by atoms with Crippen molar-refractivity contribution in [1.82, 2.24) is 15.2 Å². The molecule has 6 nitrogen and oxygen atoms in total. The number of amides is 1. The first-order valence-corrected chi connectivity index (χ1v) is 9.18. The summed E-state index contributed by atoms with van der Waals surface area (Å²) in [6, 6.07) is 1.93. The number of aryl methyl sites for hydroxylation is 2. The number of hydrogen-bond donors (Lipinski definition) is 1. The summed E-state index contributed by atoms with van der Waals surface area (Å²) in [7, 11) is -1.13. The summed E-state index contributed by atoms with van der Waals surface area (Å²) in [6.07, 6.45) is 2.38. The van der Waals surface area contributed by atoms with E-state index in [-0.39, 0.29) is 30.0 Å². The first-order valence-electron chi connectivity index (χ1n) is 7.36. The van der Waals surface area contributed by atoms with E-state index in [9.17, 15) is 13.2 Å². The standard InChI is InChI=1S/C15H23N3O3S/c1-11-6-12(2)16-7-13(11)8-17-15(19)9-18(3)14-4-5-22(20,21)10-14/h6-7,14H,4-5,8-10H2,1-3H3,(H,17,19)/t14-/m1/s1. The van der Waals surface area contributed by atoms with Crippen LogP contribution < -0.4 is 5.32 Å². The third-order valence-corrected chi connectivity index (χ3v) is 5.81. The lowest BCUT2D eigenvalue weighted by Crippen LogP contribution is -2.41. The smallest absolute Gasteiger partial charge is 0.234 e. The Balaban J connectivity index is 1.83. The molecule has 1 amide bonds. The predicted octanol–water partition coefficient (Wildman–Crippen LogP) is 0.434. The topological polar surface area (TPSA) is 79.4 Å². The van der Waals surface area contributed by atoms with Crippen molar-refractivity contribution in [3.63, 3.8) is 0 Å². The van der Waals surface area contributed by atoms with E-state index in [0.29, 0.717) is 13.0 Å². The van der Waals surface area contributed by atoms with E-state index < -0.39 is 9.84 Å². The number of likely N-dealkylation sites (N-methyl/N-ethyl adjacent to an activating group) is 1. The molecule has 7 heteroatoms. The minimum Gasteiger partial charge on any atom is -0.351 e. The zero-order chi connectivity index (χ0) is 16.3. The van der Waals surface area contributed by atoms with Gasteiger partial charge in [-0.15, -0.1) is 0 Å². The van der Waals surface area contributed by atoms with E-state index in [4.69, 9.17) is 0 Å². The number of pyridine rings is 1. The highest BCUT2D eigenvalue weighted by Gasteiger charge is 2.31. The van der Waals surface area contributed by atoms with Crippen LogP contribution in [0.15, 0.2) is 12.3 Å². The second-order valence-electron chi connectivity index (χ2n) is 6.00. The molecule has 2 rings (SSSR count). The van der Waals surface area contributed by atoms with Gasteiger partial charge in [0, 0.05) is 24.5 Å². The molecular formula is C15H23N3O3S. The van der Waals surface area contributed by atoms with Crippen molar-refractivity contribution in [3.8, 4) is 0 Å². The highest BCUT2D eigenvalue weighted by molar-refractivity contribution is 7.91. The Labute approximate surface area is 131 Å². The summed E-state index contributed by atoms with van der Waals surface area (Å²) in [5, 5.41) is 2.86. The average Bonchev–Trinajstić information content (AvgIpc) is 2.78. The second kappa shape index (κ2) is 6.75. The average molecular weight is 325 g/mol. The van der Waals surface area contributed by atoms with Crippen LogP contribution in [0.25, 0.3) is 0 Å². The Kier molecular flexibility index (Phi) is 5.18. The molecule has 0 bridgehead atoms. The molecule has 1 fully saturated rings. The Morgan fingerprint density at radius 3 is 2.77 bits per heavy atom. The molecule has 1 aliphatic rings. The van der Waals surface area contributed by atoms with Gasteiger partial charge >= 0.3 is 0 Å². The molecule has 1 N–H and O–H groups in total. The van der Waals surface area contributed by atoms with Crippen LogP contribution >= 0.6 is 0 Å². The maximum absolute atomic E-state index is 12.0. The van der Waals surface area contributed by atoms with Crippen molar-refractivity contribution in [1.29, 1.82) is 0 Å². The van der Waals surface area contributed by atoms with Gasteiger partial charge in [0.1, 0.15) is 0 Å².